The summed E-state index contributed by atoms with van der Waals surface area (Å²) >= 11 is 6.08. The Morgan fingerprint density at radius 3 is 1.72 bits per heavy atom. The third-order valence-corrected chi connectivity index (χ3v) is 9.37. The van der Waals surface area contributed by atoms with Crippen molar-refractivity contribution in [2.75, 3.05) is 6.61 Å². The quantitative estimate of drug-likeness (QED) is 0.171. The Morgan fingerprint density at radius 1 is 0.674 bits per heavy atom. The fourth-order valence-electron chi connectivity index (χ4n) is 6.66. The normalized spacial score (nSPS) is 18.5. The molecule has 0 spiro atoms. The van der Waals surface area contributed by atoms with Gasteiger partial charge in [-0.25, -0.2) is 0 Å². The first kappa shape index (κ1) is 33.0. The standard InChI is InChI=1S/C37H47ClO5/c38-30-24-22-28(23-25-30)27-18-20-29(21-19-27)34-35(41)31-15-12-13-16-32(31)36(42)37(34)43-26-14-10-8-6-4-2-1-3-5-7-9-11-17-33(39)40/h12-13,15-16,22-25,27,29H,1-11,14,17-21,26H2,(H,39,40)/t27-,29-. The average molecular weight is 607 g/mol. The maximum atomic E-state index is 13.7. The minimum atomic E-state index is -0.694. The maximum Gasteiger partial charge on any atom is 0.303 e. The molecule has 2 aliphatic rings. The van der Waals surface area contributed by atoms with Gasteiger partial charge < -0.3 is 9.84 Å². The number of rotatable bonds is 18. The first-order valence-electron chi connectivity index (χ1n) is 16.5. The summed E-state index contributed by atoms with van der Waals surface area (Å²) in [4.78, 5) is 37.8. The zero-order valence-corrected chi connectivity index (χ0v) is 26.2. The van der Waals surface area contributed by atoms with Crippen LogP contribution < -0.4 is 0 Å². The summed E-state index contributed by atoms with van der Waals surface area (Å²) in [5.74, 6) is -0.113. The van der Waals surface area contributed by atoms with Crippen molar-refractivity contribution in [3.8, 4) is 0 Å². The van der Waals surface area contributed by atoms with Gasteiger partial charge in [0.05, 0.1) is 6.61 Å². The number of ketones is 2. The van der Waals surface area contributed by atoms with Gasteiger partial charge in [-0.1, -0.05) is 112 Å². The van der Waals surface area contributed by atoms with E-state index in [2.05, 4.69) is 12.1 Å². The number of halogens is 1. The van der Waals surface area contributed by atoms with E-state index in [4.69, 9.17) is 21.4 Å². The maximum absolute atomic E-state index is 13.7. The Balaban J connectivity index is 1.21. The first-order chi connectivity index (χ1) is 21.0. The fourth-order valence-corrected chi connectivity index (χ4v) is 6.78. The monoisotopic (exact) mass is 606 g/mol. The third-order valence-electron chi connectivity index (χ3n) is 9.12. The van der Waals surface area contributed by atoms with Crippen LogP contribution in [-0.2, 0) is 9.53 Å². The van der Waals surface area contributed by atoms with Crippen molar-refractivity contribution < 1.29 is 24.2 Å². The molecule has 2 aliphatic carbocycles. The highest BCUT2D eigenvalue weighted by Crippen LogP contribution is 2.42. The molecule has 1 fully saturated rings. The molecule has 1 N–H and O–H groups in total. The lowest BCUT2D eigenvalue weighted by molar-refractivity contribution is -0.137. The van der Waals surface area contributed by atoms with Crippen molar-refractivity contribution in [2.45, 2.75) is 115 Å². The van der Waals surface area contributed by atoms with E-state index in [1.807, 2.05) is 24.3 Å². The van der Waals surface area contributed by atoms with Crippen LogP contribution in [0.15, 0.2) is 59.9 Å². The van der Waals surface area contributed by atoms with Crippen molar-refractivity contribution in [1.82, 2.24) is 0 Å². The van der Waals surface area contributed by atoms with Crippen LogP contribution in [0.4, 0.5) is 0 Å². The minimum Gasteiger partial charge on any atom is -0.489 e. The molecular weight excluding hydrogens is 560 g/mol. The molecular formula is C37H47ClO5. The minimum absolute atomic E-state index is 0.0353. The molecule has 5 nitrogen and oxygen atoms in total. The number of carbonyl (C=O) groups is 3. The predicted molar refractivity (Wildman–Crippen MR) is 172 cm³/mol. The number of Topliss-reactive ketones (excluding diaryl/α,β-unsaturated/α-hetero) is 2. The number of fused-ring (bicyclic) bond motifs is 1. The molecule has 0 heterocycles. The largest absolute Gasteiger partial charge is 0.489 e. The van der Waals surface area contributed by atoms with E-state index in [0.717, 1.165) is 69.2 Å². The molecule has 0 bridgehead atoms. The Hall–Kier alpha value is -2.92. The van der Waals surface area contributed by atoms with E-state index in [0.29, 0.717) is 41.4 Å². The Morgan fingerprint density at radius 2 is 1.16 bits per heavy atom. The lowest BCUT2D eigenvalue weighted by Gasteiger charge is -2.32. The lowest BCUT2D eigenvalue weighted by Crippen LogP contribution is -2.29. The van der Waals surface area contributed by atoms with Gasteiger partial charge in [-0.05, 0) is 68.1 Å². The van der Waals surface area contributed by atoms with E-state index in [1.54, 1.807) is 12.1 Å². The molecule has 0 saturated heterocycles. The molecule has 0 radical (unpaired) electrons. The predicted octanol–water partition coefficient (Wildman–Crippen LogP) is 10.1. The first-order valence-corrected chi connectivity index (χ1v) is 16.9. The Labute approximate surface area is 262 Å². The van der Waals surface area contributed by atoms with Crippen molar-refractivity contribution in [1.29, 1.82) is 0 Å². The van der Waals surface area contributed by atoms with Gasteiger partial charge in [-0.3, -0.25) is 14.4 Å². The van der Waals surface area contributed by atoms with Gasteiger partial charge in [0.15, 0.2) is 11.5 Å². The lowest BCUT2D eigenvalue weighted by atomic mass is 9.72. The van der Waals surface area contributed by atoms with Crippen LogP contribution in [0.5, 0.6) is 0 Å². The average Bonchev–Trinajstić information content (AvgIpc) is 3.02. The molecule has 0 unspecified atom stereocenters. The second-order valence-corrected chi connectivity index (χ2v) is 12.7. The van der Waals surface area contributed by atoms with Crippen LogP contribution in [-0.4, -0.2) is 29.2 Å². The number of aliphatic carboxylic acids is 1. The van der Waals surface area contributed by atoms with Crippen molar-refractivity contribution >= 4 is 29.1 Å². The van der Waals surface area contributed by atoms with E-state index < -0.39 is 5.97 Å². The van der Waals surface area contributed by atoms with Gasteiger partial charge in [0.1, 0.15) is 0 Å². The summed E-state index contributed by atoms with van der Waals surface area (Å²) in [6.07, 6.45) is 17.3. The number of unbranched alkanes of at least 4 members (excludes halogenated alkanes) is 11. The molecule has 43 heavy (non-hydrogen) atoms. The molecule has 4 rings (SSSR count). The van der Waals surface area contributed by atoms with Crippen LogP contribution in [0.2, 0.25) is 5.02 Å². The number of benzene rings is 2. The molecule has 0 atom stereocenters. The van der Waals surface area contributed by atoms with Gasteiger partial charge in [-0.2, -0.15) is 0 Å². The summed E-state index contributed by atoms with van der Waals surface area (Å²) in [6, 6.07) is 15.2. The highest BCUT2D eigenvalue weighted by Gasteiger charge is 2.38. The Bertz CT molecular complexity index is 1240. The molecule has 2 aromatic rings. The van der Waals surface area contributed by atoms with Gasteiger partial charge in [-0.15, -0.1) is 0 Å². The summed E-state index contributed by atoms with van der Waals surface area (Å²) in [5.41, 5.74) is 2.85. The zero-order chi connectivity index (χ0) is 30.4. The second kappa shape index (κ2) is 17.4. The summed E-state index contributed by atoms with van der Waals surface area (Å²) < 4.78 is 6.19. The molecule has 1 saturated carbocycles. The number of ether oxygens (including phenoxy) is 1. The van der Waals surface area contributed by atoms with Gasteiger partial charge in [0, 0.05) is 28.1 Å². The van der Waals surface area contributed by atoms with Gasteiger partial charge >= 0.3 is 5.97 Å². The highest BCUT2D eigenvalue weighted by atomic mass is 35.5. The van der Waals surface area contributed by atoms with E-state index in [1.165, 1.54) is 44.1 Å². The number of allylic oxidation sites excluding steroid dienone is 2. The molecule has 2 aromatic carbocycles. The smallest absolute Gasteiger partial charge is 0.303 e. The number of hydrogen-bond donors (Lipinski definition) is 1. The number of hydrogen-bond acceptors (Lipinski definition) is 4. The highest BCUT2D eigenvalue weighted by molar-refractivity contribution is 6.30. The number of carboxylic acids is 1. The van der Waals surface area contributed by atoms with E-state index >= 15 is 0 Å². The van der Waals surface area contributed by atoms with Crippen molar-refractivity contribution in [3.63, 3.8) is 0 Å². The van der Waals surface area contributed by atoms with E-state index in [-0.39, 0.29) is 17.5 Å². The van der Waals surface area contributed by atoms with Crippen molar-refractivity contribution in [3.05, 3.63) is 81.6 Å². The molecule has 0 amide bonds. The van der Waals surface area contributed by atoms with Crippen LogP contribution in [0, 0.1) is 5.92 Å². The summed E-state index contributed by atoms with van der Waals surface area (Å²) in [7, 11) is 0. The second-order valence-electron chi connectivity index (χ2n) is 12.3. The zero-order valence-electron chi connectivity index (χ0n) is 25.5. The summed E-state index contributed by atoms with van der Waals surface area (Å²) in [5, 5.41) is 9.42. The van der Waals surface area contributed by atoms with Crippen LogP contribution in [0.25, 0.3) is 0 Å². The van der Waals surface area contributed by atoms with Crippen LogP contribution in [0.3, 0.4) is 0 Å². The van der Waals surface area contributed by atoms with Crippen LogP contribution in [0.1, 0.15) is 141 Å². The van der Waals surface area contributed by atoms with Gasteiger partial charge in [0.2, 0.25) is 5.78 Å². The van der Waals surface area contributed by atoms with E-state index in [9.17, 15) is 14.4 Å². The molecule has 232 valence electrons. The fraction of sp³-hybridized carbons (Fsp3) is 0.541. The van der Waals surface area contributed by atoms with Crippen molar-refractivity contribution in [2.24, 2.45) is 5.92 Å². The van der Waals surface area contributed by atoms with Crippen LogP contribution >= 0.6 is 11.6 Å². The SMILES string of the molecule is O=C(O)CCCCCCCCCCCCCCOC1=C([C@H]2CC[C@H](c3ccc(Cl)cc3)CC2)C(=O)c2ccccc2C1=O. The third kappa shape index (κ3) is 9.79. The molecule has 0 aliphatic heterocycles. The topological polar surface area (TPSA) is 80.7 Å². The molecule has 6 heteroatoms. The Kier molecular flexibility index (Phi) is 13.3. The van der Waals surface area contributed by atoms with Gasteiger partial charge in [0.25, 0.3) is 0 Å². The number of carboxylic acid groups (broad SMARTS) is 1. The number of carbonyl (C=O) groups excluding carboxylic acids is 2. The summed E-state index contributed by atoms with van der Waals surface area (Å²) in [6.45, 7) is 0.460. The molecule has 0 aromatic heterocycles.